The van der Waals surface area contributed by atoms with E-state index in [1.807, 2.05) is 42.1 Å². The Kier molecular flexibility index (Phi) is 4.08. The Morgan fingerprint density at radius 1 is 1.20 bits per heavy atom. The average molecular weight is 264 g/mol. The lowest BCUT2D eigenvalue weighted by Gasteiger charge is -2.11. The lowest BCUT2D eigenvalue weighted by Crippen LogP contribution is -1.98. The highest BCUT2D eigenvalue weighted by Gasteiger charge is 2.09. The van der Waals surface area contributed by atoms with Gasteiger partial charge in [-0.3, -0.25) is 5.32 Å². The summed E-state index contributed by atoms with van der Waals surface area (Å²) >= 11 is 0. The fourth-order valence-electron chi connectivity index (χ4n) is 2.32. The second-order valence-electron chi connectivity index (χ2n) is 4.63. The van der Waals surface area contributed by atoms with Gasteiger partial charge in [0.1, 0.15) is 11.8 Å². The molecule has 0 aliphatic heterocycles. The number of nitrogens with zero attached hydrogens (tertiary/aromatic N) is 3. The van der Waals surface area contributed by atoms with Gasteiger partial charge >= 0.3 is 0 Å². The summed E-state index contributed by atoms with van der Waals surface area (Å²) in [6.45, 7) is 2.11. The Hall–Kier alpha value is -2.72. The van der Waals surface area contributed by atoms with E-state index in [-0.39, 0.29) is 0 Å². The first kappa shape index (κ1) is 13.7. The van der Waals surface area contributed by atoms with Crippen molar-refractivity contribution >= 4 is 5.69 Å². The highest BCUT2D eigenvalue weighted by Crippen LogP contribution is 2.27. The van der Waals surface area contributed by atoms with Crippen molar-refractivity contribution in [2.24, 2.45) is 7.05 Å². The summed E-state index contributed by atoms with van der Waals surface area (Å²) in [5.41, 5.74) is 4.67. The van der Waals surface area contributed by atoms with Crippen LogP contribution in [0.2, 0.25) is 0 Å². The summed E-state index contributed by atoms with van der Waals surface area (Å²) in [4.78, 5) is 0. The van der Waals surface area contributed by atoms with Crippen LogP contribution >= 0.6 is 0 Å². The first-order valence-electron chi connectivity index (χ1n) is 6.55. The fraction of sp³-hybridized carbons (Fsp3) is 0.250. The first-order valence-corrected chi connectivity index (χ1v) is 6.55. The van der Waals surface area contributed by atoms with Gasteiger partial charge in [-0.25, -0.2) is 0 Å². The minimum absolute atomic E-state index is 0.635. The molecule has 2 aromatic rings. The van der Waals surface area contributed by atoms with Crippen LogP contribution < -0.4 is 5.32 Å². The van der Waals surface area contributed by atoms with Gasteiger partial charge in [0.2, 0.25) is 0 Å². The molecule has 20 heavy (non-hydrogen) atoms. The molecule has 0 bridgehead atoms. The first-order chi connectivity index (χ1) is 9.71. The van der Waals surface area contributed by atoms with Crippen LogP contribution in [-0.4, -0.2) is 4.57 Å². The second-order valence-corrected chi connectivity index (χ2v) is 4.63. The van der Waals surface area contributed by atoms with Gasteiger partial charge in [0.15, 0.2) is 6.19 Å². The standard InChI is InChI=1S/C16H16N4/c1-3-4-12-9-13(5-7-15(12)19-11-18)16-8-6-14(10-17)20(16)2/h5-9,19H,3-4H2,1-2H3. The van der Waals surface area contributed by atoms with Gasteiger partial charge in [-0.1, -0.05) is 19.4 Å². The van der Waals surface area contributed by atoms with Crippen molar-refractivity contribution in [1.82, 2.24) is 4.57 Å². The lowest BCUT2D eigenvalue weighted by atomic mass is 10.0. The van der Waals surface area contributed by atoms with Crippen molar-refractivity contribution in [3.63, 3.8) is 0 Å². The molecular weight excluding hydrogens is 248 g/mol. The summed E-state index contributed by atoms with van der Waals surface area (Å²) < 4.78 is 1.88. The molecule has 0 saturated carbocycles. The maximum atomic E-state index is 9.01. The number of hydrogen-bond acceptors (Lipinski definition) is 3. The van der Waals surface area contributed by atoms with E-state index >= 15 is 0 Å². The number of nitrogens with one attached hydrogen (secondary N) is 1. The number of aryl methyl sites for hydroxylation is 1. The smallest absolute Gasteiger partial charge is 0.181 e. The summed E-state index contributed by atoms with van der Waals surface area (Å²) in [5.74, 6) is 0. The largest absolute Gasteiger partial charge is 0.335 e. The van der Waals surface area contributed by atoms with E-state index in [2.05, 4.69) is 24.4 Å². The summed E-state index contributed by atoms with van der Waals surface area (Å²) in [6.07, 6.45) is 3.89. The van der Waals surface area contributed by atoms with Crippen LogP contribution in [-0.2, 0) is 13.5 Å². The number of benzene rings is 1. The Morgan fingerprint density at radius 2 is 2.00 bits per heavy atom. The van der Waals surface area contributed by atoms with Crippen molar-refractivity contribution < 1.29 is 0 Å². The highest BCUT2D eigenvalue weighted by atomic mass is 15.0. The molecule has 0 spiro atoms. The lowest BCUT2D eigenvalue weighted by molar-refractivity contribution is 0.910. The Labute approximate surface area is 118 Å². The number of rotatable bonds is 4. The number of nitriles is 2. The third-order valence-electron chi connectivity index (χ3n) is 3.35. The van der Waals surface area contributed by atoms with E-state index in [1.165, 1.54) is 0 Å². The molecule has 2 rings (SSSR count). The molecule has 0 atom stereocenters. The molecule has 0 amide bonds. The zero-order chi connectivity index (χ0) is 14.5. The average Bonchev–Trinajstić information content (AvgIpc) is 2.82. The highest BCUT2D eigenvalue weighted by molar-refractivity contribution is 5.68. The van der Waals surface area contributed by atoms with E-state index in [1.54, 1.807) is 0 Å². The topological polar surface area (TPSA) is 64.5 Å². The maximum Gasteiger partial charge on any atom is 0.181 e. The van der Waals surface area contributed by atoms with Crippen molar-refractivity contribution in [3.05, 3.63) is 41.6 Å². The summed E-state index contributed by atoms with van der Waals surface area (Å²) in [7, 11) is 1.88. The van der Waals surface area contributed by atoms with Crippen molar-refractivity contribution in [2.75, 3.05) is 5.32 Å². The van der Waals surface area contributed by atoms with Crippen LogP contribution in [0.3, 0.4) is 0 Å². The molecule has 1 N–H and O–H groups in total. The fourth-order valence-corrected chi connectivity index (χ4v) is 2.32. The van der Waals surface area contributed by atoms with Gasteiger partial charge in [0.25, 0.3) is 0 Å². The van der Waals surface area contributed by atoms with Gasteiger partial charge in [-0.2, -0.15) is 10.5 Å². The van der Waals surface area contributed by atoms with Gasteiger partial charge in [0.05, 0.1) is 5.69 Å². The second kappa shape index (κ2) is 5.95. The third-order valence-corrected chi connectivity index (χ3v) is 3.35. The van der Waals surface area contributed by atoms with Gasteiger partial charge in [-0.15, -0.1) is 0 Å². The molecule has 4 nitrogen and oxygen atoms in total. The van der Waals surface area contributed by atoms with Gasteiger partial charge < -0.3 is 4.57 Å². The molecule has 0 aliphatic rings. The molecule has 0 radical (unpaired) electrons. The maximum absolute atomic E-state index is 9.01. The van der Waals surface area contributed by atoms with Crippen LogP contribution in [0.25, 0.3) is 11.3 Å². The molecule has 0 saturated heterocycles. The minimum Gasteiger partial charge on any atom is -0.335 e. The van der Waals surface area contributed by atoms with Crippen molar-refractivity contribution in [2.45, 2.75) is 19.8 Å². The molecule has 0 fully saturated rings. The molecule has 1 heterocycles. The Bertz CT molecular complexity index is 698. The monoisotopic (exact) mass is 264 g/mol. The Balaban J connectivity index is 2.48. The predicted octanol–water partition coefficient (Wildman–Crippen LogP) is 3.41. The zero-order valence-electron chi connectivity index (χ0n) is 11.6. The number of aromatic nitrogens is 1. The molecule has 4 heteroatoms. The zero-order valence-corrected chi connectivity index (χ0v) is 11.6. The summed E-state index contributed by atoms with van der Waals surface area (Å²) in [6, 6.07) is 11.9. The minimum atomic E-state index is 0.635. The molecule has 100 valence electrons. The van der Waals surface area contributed by atoms with Crippen molar-refractivity contribution in [1.29, 1.82) is 10.5 Å². The van der Waals surface area contributed by atoms with E-state index in [4.69, 9.17) is 10.5 Å². The van der Waals surface area contributed by atoms with E-state index in [0.29, 0.717) is 5.69 Å². The van der Waals surface area contributed by atoms with E-state index < -0.39 is 0 Å². The molecule has 0 unspecified atom stereocenters. The van der Waals surface area contributed by atoms with Crippen LogP contribution in [0.5, 0.6) is 0 Å². The Morgan fingerprint density at radius 3 is 2.60 bits per heavy atom. The normalized spacial score (nSPS) is 9.80. The number of anilines is 1. The molecule has 0 aliphatic carbocycles. The van der Waals surface area contributed by atoms with Crippen LogP contribution in [0.4, 0.5) is 5.69 Å². The van der Waals surface area contributed by atoms with E-state index in [9.17, 15) is 0 Å². The van der Waals surface area contributed by atoms with Crippen LogP contribution in [0.15, 0.2) is 30.3 Å². The van der Waals surface area contributed by atoms with Crippen molar-refractivity contribution in [3.8, 4) is 23.5 Å². The SMILES string of the molecule is CCCc1cc(-c2ccc(C#N)n2C)ccc1NC#N. The molecule has 1 aromatic carbocycles. The van der Waals surface area contributed by atoms with Crippen LogP contribution in [0.1, 0.15) is 24.6 Å². The summed E-state index contributed by atoms with van der Waals surface area (Å²) in [5, 5.41) is 20.5. The number of hydrogen-bond donors (Lipinski definition) is 1. The van der Waals surface area contributed by atoms with E-state index in [0.717, 1.165) is 35.3 Å². The van der Waals surface area contributed by atoms with Crippen LogP contribution in [0, 0.1) is 22.8 Å². The molecular formula is C16H16N4. The third kappa shape index (κ3) is 2.50. The van der Waals surface area contributed by atoms with Gasteiger partial charge in [0, 0.05) is 12.7 Å². The van der Waals surface area contributed by atoms with Gasteiger partial charge in [-0.05, 0) is 41.8 Å². The quantitative estimate of drug-likeness (QED) is 0.679. The predicted molar refractivity (Wildman–Crippen MR) is 78.8 cm³/mol. The molecule has 1 aromatic heterocycles.